The molecule has 2 aliphatic rings. The molecule has 1 N–H and O–H groups in total. The maximum absolute atomic E-state index is 13.6. The first-order valence-electron chi connectivity index (χ1n) is 14.5. The number of nitrogens with zero attached hydrogens (tertiary/aromatic N) is 2. The van der Waals surface area contributed by atoms with Crippen molar-refractivity contribution in [3.05, 3.63) is 69.0 Å². The maximum atomic E-state index is 13.6. The standard InChI is InChI=1S/C33H36N2O6/c1-5-21-23-16-20(41-30(38)11-9-7-8-10-28(36)19(3)4)12-14-26(23)34-31-24(21)18-35-27(31)17-25-22(32(35)39)13-15-29(37)33(25,40)6-2/h12,14,16-17,40H,3,5-11,13,15,18H2,1-2,4H3/t33-/m0/s1. The minimum Gasteiger partial charge on any atom is -0.427 e. The van der Waals surface area contributed by atoms with Gasteiger partial charge in [0, 0.05) is 41.3 Å². The summed E-state index contributed by atoms with van der Waals surface area (Å²) in [5.41, 5.74) is 3.59. The number of unbranched alkanes of at least 4 members (excludes halogenated alkanes) is 2. The molecule has 0 saturated carbocycles. The Balaban J connectivity index is 1.41. The van der Waals surface area contributed by atoms with Crippen LogP contribution in [0.2, 0.25) is 0 Å². The molecule has 0 fully saturated rings. The second-order valence-electron chi connectivity index (χ2n) is 11.1. The molecule has 0 saturated heterocycles. The Hall–Kier alpha value is -3.91. The number of ketones is 2. The predicted molar refractivity (Wildman–Crippen MR) is 156 cm³/mol. The number of aliphatic hydroxyl groups is 1. The Bertz CT molecular complexity index is 1670. The van der Waals surface area contributed by atoms with Gasteiger partial charge >= 0.3 is 5.97 Å². The number of hydrogen-bond acceptors (Lipinski definition) is 7. The quantitative estimate of drug-likeness (QED) is 0.125. The van der Waals surface area contributed by atoms with Crippen molar-refractivity contribution in [2.45, 2.75) is 90.7 Å². The molecule has 0 radical (unpaired) electrons. The molecule has 2 aromatic heterocycles. The molecule has 1 atom stereocenters. The molecule has 0 unspecified atom stereocenters. The van der Waals surface area contributed by atoms with E-state index >= 15 is 0 Å². The van der Waals surface area contributed by atoms with Gasteiger partial charge in [0.05, 0.1) is 23.4 Å². The van der Waals surface area contributed by atoms with E-state index in [4.69, 9.17) is 9.72 Å². The molecule has 8 heteroatoms. The fourth-order valence-corrected chi connectivity index (χ4v) is 6.12. The first-order valence-corrected chi connectivity index (χ1v) is 14.5. The molecule has 1 aliphatic carbocycles. The summed E-state index contributed by atoms with van der Waals surface area (Å²) in [7, 11) is 0. The number of hydrogen-bond donors (Lipinski definition) is 1. The number of rotatable bonds is 10. The first kappa shape index (κ1) is 28.6. The molecule has 0 amide bonds. The highest BCUT2D eigenvalue weighted by Crippen LogP contribution is 2.41. The van der Waals surface area contributed by atoms with Crippen molar-refractivity contribution < 1.29 is 24.2 Å². The van der Waals surface area contributed by atoms with Crippen molar-refractivity contribution in [2.24, 2.45) is 0 Å². The van der Waals surface area contributed by atoms with Gasteiger partial charge in [0.2, 0.25) is 0 Å². The highest BCUT2D eigenvalue weighted by Gasteiger charge is 2.43. The van der Waals surface area contributed by atoms with E-state index in [1.54, 1.807) is 30.5 Å². The van der Waals surface area contributed by atoms with Gasteiger partial charge in [0.25, 0.3) is 5.56 Å². The van der Waals surface area contributed by atoms with Crippen LogP contribution in [0.4, 0.5) is 0 Å². The third-order valence-electron chi connectivity index (χ3n) is 8.50. The molecule has 0 bridgehead atoms. The monoisotopic (exact) mass is 556 g/mol. The number of Topliss-reactive ketones (excluding diaryl/α,β-unsaturated/α-hetero) is 2. The van der Waals surface area contributed by atoms with Crippen molar-refractivity contribution in [1.29, 1.82) is 0 Å². The van der Waals surface area contributed by atoms with Crippen molar-refractivity contribution in [3.63, 3.8) is 0 Å². The summed E-state index contributed by atoms with van der Waals surface area (Å²) in [4.78, 5) is 55.3. The van der Waals surface area contributed by atoms with E-state index in [1.807, 2.05) is 19.1 Å². The van der Waals surface area contributed by atoms with E-state index in [-0.39, 0.29) is 42.4 Å². The Morgan fingerprint density at radius 3 is 2.54 bits per heavy atom. The summed E-state index contributed by atoms with van der Waals surface area (Å²) in [6.07, 6.45) is 4.18. The molecular formula is C33H36N2O6. The van der Waals surface area contributed by atoms with E-state index in [0.29, 0.717) is 78.0 Å². The third kappa shape index (κ3) is 5.05. The maximum Gasteiger partial charge on any atom is 0.311 e. The summed E-state index contributed by atoms with van der Waals surface area (Å²) in [5.74, 6) is -0.0900. The van der Waals surface area contributed by atoms with Gasteiger partial charge < -0.3 is 14.4 Å². The summed E-state index contributed by atoms with van der Waals surface area (Å²) >= 11 is 0. The highest BCUT2D eigenvalue weighted by atomic mass is 16.5. The van der Waals surface area contributed by atoms with E-state index in [9.17, 15) is 24.3 Å². The lowest BCUT2D eigenvalue weighted by atomic mass is 9.77. The van der Waals surface area contributed by atoms with E-state index < -0.39 is 5.60 Å². The number of benzene rings is 1. The summed E-state index contributed by atoms with van der Waals surface area (Å²) in [6, 6.07) is 7.14. The largest absolute Gasteiger partial charge is 0.427 e. The minimum atomic E-state index is -1.66. The fourth-order valence-electron chi connectivity index (χ4n) is 6.12. The lowest BCUT2D eigenvalue weighted by Crippen LogP contribution is -2.43. The van der Waals surface area contributed by atoms with Gasteiger partial charge in [-0.3, -0.25) is 19.2 Å². The zero-order valence-electron chi connectivity index (χ0n) is 24.0. The van der Waals surface area contributed by atoms with E-state index in [0.717, 1.165) is 22.9 Å². The summed E-state index contributed by atoms with van der Waals surface area (Å²) in [6.45, 7) is 9.52. The lowest BCUT2D eigenvalue weighted by Gasteiger charge is -2.32. The zero-order valence-corrected chi connectivity index (χ0v) is 24.0. The molecule has 1 aromatic carbocycles. The van der Waals surface area contributed by atoms with Crippen LogP contribution in [0.3, 0.4) is 0 Å². The van der Waals surface area contributed by atoms with Crippen molar-refractivity contribution in [3.8, 4) is 17.1 Å². The smallest absolute Gasteiger partial charge is 0.311 e. The van der Waals surface area contributed by atoms with Gasteiger partial charge in [-0.05, 0) is 74.4 Å². The Morgan fingerprint density at radius 1 is 1.07 bits per heavy atom. The van der Waals surface area contributed by atoms with Gasteiger partial charge in [-0.15, -0.1) is 0 Å². The van der Waals surface area contributed by atoms with Crippen LogP contribution in [-0.4, -0.2) is 32.2 Å². The van der Waals surface area contributed by atoms with Crippen LogP contribution in [0.1, 0.15) is 88.0 Å². The van der Waals surface area contributed by atoms with E-state index in [2.05, 4.69) is 6.58 Å². The highest BCUT2D eigenvalue weighted by molar-refractivity contribution is 5.94. The molecule has 3 aromatic rings. The molecule has 41 heavy (non-hydrogen) atoms. The lowest BCUT2D eigenvalue weighted by molar-refractivity contribution is -0.140. The van der Waals surface area contributed by atoms with Crippen molar-refractivity contribution >= 4 is 28.4 Å². The summed E-state index contributed by atoms with van der Waals surface area (Å²) in [5, 5.41) is 12.1. The van der Waals surface area contributed by atoms with Crippen LogP contribution in [0.5, 0.6) is 5.75 Å². The third-order valence-corrected chi connectivity index (χ3v) is 8.50. The average Bonchev–Trinajstić information content (AvgIpc) is 3.32. The molecular weight excluding hydrogens is 520 g/mol. The molecule has 3 heterocycles. The molecule has 0 spiro atoms. The number of esters is 1. The Morgan fingerprint density at radius 2 is 1.83 bits per heavy atom. The second-order valence-corrected chi connectivity index (χ2v) is 11.1. The number of aromatic nitrogens is 2. The number of ether oxygens (including phenoxy) is 1. The van der Waals surface area contributed by atoms with Crippen LogP contribution < -0.4 is 10.3 Å². The number of carbonyl (C=O) groups is 3. The van der Waals surface area contributed by atoms with Crippen LogP contribution >= 0.6 is 0 Å². The topological polar surface area (TPSA) is 116 Å². The van der Waals surface area contributed by atoms with Crippen LogP contribution in [0, 0.1) is 0 Å². The number of carbonyl (C=O) groups excluding carboxylic acids is 3. The number of fused-ring (bicyclic) bond motifs is 5. The summed E-state index contributed by atoms with van der Waals surface area (Å²) < 4.78 is 7.34. The number of allylic oxidation sites excluding steroid dienone is 1. The molecule has 5 rings (SSSR count). The number of pyridine rings is 2. The van der Waals surface area contributed by atoms with Gasteiger partial charge in [-0.2, -0.15) is 0 Å². The normalized spacial score (nSPS) is 17.2. The van der Waals surface area contributed by atoms with Crippen LogP contribution in [-0.2, 0) is 39.4 Å². The van der Waals surface area contributed by atoms with Crippen LogP contribution in [0.25, 0.3) is 22.3 Å². The van der Waals surface area contributed by atoms with Gasteiger partial charge in [0.1, 0.15) is 11.4 Å². The average molecular weight is 557 g/mol. The molecule has 214 valence electrons. The first-order chi connectivity index (χ1) is 19.6. The minimum absolute atomic E-state index is 0.0562. The predicted octanol–water partition coefficient (Wildman–Crippen LogP) is 5.10. The molecule has 8 nitrogen and oxygen atoms in total. The second kappa shape index (κ2) is 11.2. The zero-order chi connectivity index (χ0) is 29.5. The number of aryl methyl sites for hydroxylation is 1. The molecule has 1 aliphatic heterocycles. The van der Waals surface area contributed by atoms with Gasteiger partial charge in [-0.25, -0.2) is 4.98 Å². The van der Waals surface area contributed by atoms with Crippen molar-refractivity contribution in [2.75, 3.05) is 0 Å². The SMILES string of the molecule is C=C(C)C(=O)CCCCCC(=O)Oc1ccc2nc3c(c(CC)c2c1)Cn1c-3cc2c(c1=O)CCC(=O)[C@]2(O)CC. The van der Waals surface area contributed by atoms with Gasteiger partial charge in [-0.1, -0.05) is 26.8 Å². The van der Waals surface area contributed by atoms with E-state index in [1.165, 1.54) is 0 Å². The Labute approximate surface area is 239 Å². The van der Waals surface area contributed by atoms with Gasteiger partial charge in [0.15, 0.2) is 11.6 Å². The fraction of sp³-hybridized carbons (Fsp3) is 0.424. The Kier molecular flexibility index (Phi) is 7.79. The van der Waals surface area contributed by atoms with Crippen LogP contribution in [0.15, 0.2) is 41.2 Å². The van der Waals surface area contributed by atoms with Crippen molar-refractivity contribution in [1.82, 2.24) is 9.55 Å².